The van der Waals surface area contributed by atoms with Crippen molar-refractivity contribution in [3.05, 3.63) is 144 Å². The number of hydrogen-bond donors (Lipinski definition) is 1. The highest BCUT2D eigenvalue weighted by Gasteiger charge is 2.53. The molecule has 0 amide bonds. The number of ether oxygens (including phenoxy) is 1. The van der Waals surface area contributed by atoms with Gasteiger partial charge in [-0.15, -0.1) is 0 Å². The average Bonchev–Trinajstić information content (AvgIpc) is 3.65. The molecule has 4 nitrogen and oxygen atoms in total. The molecule has 6 aromatic rings. The quantitative estimate of drug-likeness (QED) is 0.188. The Balaban J connectivity index is 1.28. The summed E-state index contributed by atoms with van der Waals surface area (Å²) in [5.74, 6) is 2.06. The first-order valence-corrected chi connectivity index (χ1v) is 19.3. The molecule has 244 valence electrons. The fourth-order valence-corrected chi connectivity index (χ4v) is 12.8. The number of benzene rings is 4. The molecule has 2 aromatic heterocycles. The molecule has 1 aliphatic carbocycles. The van der Waals surface area contributed by atoms with Gasteiger partial charge in [0.1, 0.15) is 17.2 Å². The lowest BCUT2D eigenvalue weighted by atomic mass is 9.75. The van der Waals surface area contributed by atoms with Gasteiger partial charge in [-0.1, -0.05) is 120 Å². The average molecular weight is 658 g/mol. The normalized spacial score (nSPS) is 18.9. The number of H-pyrrole nitrogens is 1. The second-order valence-electron chi connectivity index (χ2n) is 15.7. The van der Waals surface area contributed by atoms with Crippen LogP contribution < -0.4 is 20.4 Å². The first kappa shape index (κ1) is 31.3. The molecule has 4 aromatic carbocycles. The summed E-state index contributed by atoms with van der Waals surface area (Å²) in [6.45, 7) is 14.0. The molecule has 2 atom stereocenters. The predicted octanol–water partition coefficient (Wildman–Crippen LogP) is 9.11. The molecule has 49 heavy (non-hydrogen) atoms. The first-order chi connectivity index (χ1) is 23.5. The SMILES string of the molecule is CC(C)(C)c1ccc2c(c1)C1=CC(C(C)(C)C)CC=C1[Si@@]2(c1cccc(Oc2cccc(-c3n[nH]c4ccccc34)c2)c1)c1ccccn1. The fourth-order valence-electron chi connectivity index (χ4n) is 7.75. The highest BCUT2D eigenvalue weighted by atomic mass is 28.3. The van der Waals surface area contributed by atoms with Crippen molar-refractivity contribution in [1.29, 1.82) is 0 Å². The van der Waals surface area contributed by atoms with E-state index in [4.69, 9.17) is 9.72 Å². The number of hydrogen-bond acceptors (Lipinski definition) is 3. The Kier molecular flexibility index (Phi) is 7.38. The Morgan fingerprint density at radius 3 is 2.33 bits per heavy atom. The van der Waals surface area contributed by atoms with Gasteiger partial charge in [-0.05, 0) is 97.9 Å². The molecular weight excluding hydrogens is 615 g/mol. The first-order valence-electron chi connectivity index (χ1n) is 17.3. The molecule has 0 saturated carbocycles. The van der Waals surface area contributed by atoms with E-state index in [1.54, 1.807) is 0 Å². The number of fused-ring (bicyclic) bond motifs is 4. The third-order valence-electron chi connectivity index (χ3n) is 10.5. The maximum Gasteiger partial charge on any atom is 0.202 e. The zero-order valence-electron chi connectivity index (χ0n) is 29.2. The van der Waals surface area contributed by atoms with Gasteiger partial charge in [-0.3, -0.25) is 10.1 Å². The third-order valence-corrected chi connectivity index (χ3v) is 15.2. The number of aromatic nitrogens is 3. The Morgan fingerprint density at radius 2 is 1.55 bits per heavy atom. The molecule has 0 radical (unpaired) electrons. The summed E-state index contributed by atoms with van der Waals surface area (Å²) in [5.41, 5.74) is 7.29. The van der Waals surface area contributed by atoms with Crippen LogP contribution in [0.15, 0.2) is 133 Å². The van der Waals surface area contributed by atoms with Crippen molar-refractivity contribution in [2.75, 3.05) is 0 Å². The molecule has 0 saturated heterocycles. The summed E-state index contributed by atoms with van der Waals surface area (Å²) < 4.78 is 6.69. The summed E-state index contributed by atoms with van der Waals surface area (Å²) in [7, 11) is -2.78. The van der Waals surface area contributed by atoms with Crippen LogP contribution in [0.4, 0.5) is 0 Å². The minimum atomic E-state index is -2.78. The number of para-hydroxylation sites is 1. The second kappa shape index (κ2) is 11.6. The summed E-state index contributed by atoms with van der Waals surface area (Å²) in [5, 5.41) is 14.2. The summed E-state index contributed by atoms with van der Waals surface area (Å²) >= 11 is 0. The van der Waals surface area contributed by atoms with Crippen molar-refractivity contribution in [3.63, 3.8) is 0 Å². The van der Waals surface area contributed by atoms with Crippen LogP contribution in [-0.2, 0) is 5.41 Å². The van der Waals surface area contributed by atoms with Crippen molar-refractivity contribution in [3.8, 4) is 22.8 Å². The van der Waals surface area contributed by atoms with Crippen LogP contribution in [0.2, 0.25) is 0 Å². The van der Waals surface area contributed by atoms with Crippen LogP contribution in [0.1, 0.15) is 59.1 Å². The van der Waals surface area contributed by atoms with Crippen LogP contribution in [0.5, 0.6) is 11.5 Å². The molecule has 3 heterocycles. The van der Waals surface area contributed by atoms with E-state index in [-0.39, 0.29) is 10.8 Å². The summed E-state index contributed by atoms with van der Waals surface area (Å²) in [6, 6.07) is 38.9. The van der Waals surface area contributed by atoms with Crippen molar-refractivity contribution in [1.82, 2.24) is 15.2 Å². The van der Waals surface area contributed by atoms with Crippen LogP contribution in [0.25, 0.3) is 27.7 Å². The van der Waals surface area contributed by atoms with Gasteiger partial charge >= 0.3 is 0 Å². The highest BCUT2D eigenvalue weighted by Crippen LogP contribution is 2.46. The molecule has 2 aliphatic rings. The molecular formula is C44H43N3OSi. The van der Waals surface area contributed by atoms with Gasteiger partial charge in [0.15, 0.2) is 0 Å². The van der Waals surface area contributed by atoms with E-state index < -0.39 is 8.07 Å². The highest BCUT2D eigenvalue weighted by molar-refractivity contribution is 7.18. The number of nitrogens with zero attached hydrogens (tertiary/aromatic N) is 2. The van der Waals surface area contributed by atoms with Crippen LogP contribution in [-0.4, -0.2) is 23.3 Å². The molecule has 0 fully saturated rings. The van der Waals surface area contributed by atoms with E-state index in [2.05, 4.69) is 143 Å². The van der Waals surface area contributed by atoms with Crippen molar-refractivity contribution in [2.45, 2.75) is 53.4 Å². The Labute approximate surface area is 290 Å². The Hall–Kier alpha value is -5.00. The van der Waals surface area contributed by atoms with Crippen LogP contribution >= 0.6 is 0 Å². The lowest BCUT2D eigenvalue weighted by Gasteiger charge is -2.35. The topological polar surface area (TPSA) is 50.8 Å². The van der Waals surface area contributed by atoms with E-state index in [1.165, 1.54) is 32.3 Å². The molecule has 1 aliphatic heterocycles. The molecule has 0 spiro atoms. The minimum Gasteiger partial charge on any atom is -0.457 e. The van der Waals surface area contributed by atoms with Crippen LogP contribution in [0, 0.1) is 11.3 Å². The van der Waals surface area contributed by atoms with E-state index in [0.717, 1.165) is 45.4 Å². The summed E-state index contributed by atoms with van der Waals surface area (Å²) in [6.07, 6.45) is 8.13. The molecule has 8 rings (SSSR count). The van der Waals surface area contributed by atoms with Gasteiger partial charge in [0.25, 0.3) is 0 Å². The van der Waals surface area contributed by atoms with Gasteiger partial charge in [0.2, 0.25) is 8.07 Å². The van der Waals surface area contributed by atoms with Crippen molar-refractivity contribution < 1.29 is 4.74 Å². The number of rotatable bonds is 5. The van der Waals surface area contributed by atoms with Crippen molar-refractivity contribution >= 4 is 40.2 Å². The standard InChI is InChI=1S/C44H43N3OSi/c1-43(2,3)30-20-22-39-36(26-30)37-27-31(44(4,5)6)21-23-40(37)49(39,41-19-9-10-24-45-41)34-16-12-15-33(28-34)48-32-14-11-13-29(25-32)42-35-17-7-8-18-38(35)46-47-42/h7-20,22-28,31H,21H2,1-6H3,(H,46,47)/t31?,49-/m0/s1. The Bertz CT molecular complexity index is 2270. The van der Waals surface area contributed by atoms with Crippen LogP contribution in [0.3, 0.4) is 0 Å². The van der Waals surface area contributed by atoms with Crippen molar-refractivity contribution in [2.24, 2.45) is 11.3 Å². The summed E-state index contributed by atoms with van der Waals surface area (Å²) in [4.78, 5) is 5.16. The number of nitrogens with one attached hydrogen (secondary N) is 1. The predicted molar refractivity (Wildman–Crippen MR) is 206 cm³/mol. The van der Waals surface area contributed by atoms with E-state index in [0.29, 0.717) is 5.92 Å². The number of pyridine rings is 1. The van der Waals surface area contributed by atoms with E-state index >= 15 is 0 Å². The zero-order valence-corrected chi connectivity index (χ0v) is 30.2. The molecule has 1 unspecified atom stereocenters. The third kappa shape index (κ3) is 5.28. The largest absolute Gasteiger partial charge is 0.457 e. The van der Waals surface area contributed by atoms with Gasteiger partial charge in [-0.2, -0.15) is 5.10 Å². The van der Waals surface area contributed by atoms with Gasteiger partial charge in [0, 0.05) is 22.5 Å². The minimum absolute atomic E-state index is 0.0415. The maximum absolute atomic E-state index is 6.69. The fraction of sp³-hybridized carbons (Fsp3) is 0.227. The lowest BCUT2D eigenvalue weighted by molar-refractivity contribution is 0.294. The molecule has 1 N–H and O–H groups in total. The lowest BCUT2D eigenvalue weighted by Crippen LogP contribution is -2.67. The van der Waals surface area contributed by atoms with Gasteiger partial charge < -0.3 is 4.74 Å². The van der Waals surface area contributed by atoms with E-state index in [9.17, 15) is 0 Å². The molecule has 0 bridgehead atoms. The maximum atomic E-state index is 6.69. The smallest absolute Gasteiger partial charge is 0.202 e. The van der Waals surface area contributed by atoms with Gasteiger partial charge in [-0.25, -0.2) is 0 Å². The second-order valence-corrected chi connectivity index (χ2v) is 19.3. The molecule has 5 heteroatoms. The Morgan fingerprint density at radius 1 is 0.776 bits per heavy atom. The zero-order chi connectivity index (χ0) is 34.0. The van der Waals surface area contributed by atoms with Gasteiger partial charge in [0.05, 0.1) is 5.52 Å². The monoisotopic (exact) mass is 657 g/mol. The number of allylic oxidation sites excluding steroid dienone is 4. The number of aromatic amines is 1. The van der Waals surface area contributed by atoms with E-state index in [1.807, 2.05) is 36.5 Å².